The first-order valence-corrected chi connectivity index (χ1v) is 14.1. The van der Waals surface area contributed by atoms with Gasteiger partial charge in [0.25, 0.3) is 0 Å². The van der Waals surface area contributed by atoms with Crippen LogP contribution in [0.1, 0.15) is 55.2 Å². The Bertz CT molecular complexity index is 1860. The zero-order valence-electron chi connectivity index (χ0n) is 25.0. The number of phenols is 2. The number of phenolic OH excluding ortho intramolecular Hbond substituents is 2. The summed E-state index contributed by atoms with van der Waals surface area (Å²) in [5, 5.41) is 25.4. The molecule has 0 fully saturated rings. The van der Waals surface area contributed by atoms with Crippen molar-refractivity contribution < 1.29 is 29.1 Å². The van der Waals surface area contributed by atoms with Crippen molar-refractivity contribution in [3.63, 3.8) is 0 Å². The molecule has 0 spiro atoms. The van der Waals surface area contributed by atoms with E-state index in [1.165, 1.54) is 7.11 Å². The van der Waals surface area contributed by atoms with Crippen LogP contribution in [0.25, 0.3) is 11.4 Å². The third-order valence-electron chi connectivity index (χ3n) is 8.32. The predicted octanol–water partition coefficient (Wildman–Crippen LogP) is 6.05. The number of rotatable bonds is 6. The number of carbonyl (C=O) groups excluding carboxylic acids is 2. The van der Waals surface area contributed by atoms with Gasteiger partial charge in [-0.2, -0.15) is 4.98 Å². The highest BCUT2D eigenvalue weighted by Gasteiger charge is 2.54. The van der Waals surface area contributed by atoms with Gasteiger partial charge in [-0.3, -0.25) is 4.79 Å². The van der Waals surface area contributed by atoms with Gasteiger partial charge in [-0.25, -0.2) is 4.79 Å². The quantitative estimate of drug-likeness (QED) is 0.229. The maximum absolute atomic E-state index is 15.0. The molecule has 4 aromatic carbocycles. The maximum atomic E-state index is 15.0. The van der Waals surface area contributed by atoms with Crippen LogP contribution in [0.4, 0.5) is 5.69 Å². The summed E-state index contributed by atoms with van der Waals surface area (Å²) in [5.74, 6) is 0.107. The number of aryl methyl sites for hydroxylation is 4. The molecule has 0 unspecified atom stereocenters. The highest BCUT2D eigenvalue weighted by atomic mass is 16.5. The molecule has 222 valence electrons. The molecular formula is C35H31N3O6. The number of aromatic hydroxyl groups is 2. The summed E-state index contributed by atoms with van der Waals surface area (Å²) in [6, 6.07) is 21.7. The number of amides is 1. The summed E-state index contributed by atoms with van der Waals surface area (Å²) < 4.78 is 10.4. The van der Waals surface area contributed by atoms with Gasteiger partial charge >= 0.3 is 5.97 Å². The van der Waals surface area contributed by atoms with Crippen LogP contribution in [0.3, 0.4) is 0 Å². The molecular weight excluding hydrogens is 558 g/mol. The number of anilines is 1. The second-order valence-electron chi connectivity index (χ2n) is 11.2. The number of para-hydroxylation sites is 1. The van der Waals surface area contributed by atoms with Crippen molar-refractivity contribution in [3.8, 4) is 22.9 Å². The monoisotopic (exact) mass is 589 g/mol. The Morgan fingerprint density at radius 2 is 1.45 bits per heavy atom. The van der Waals surface area contributed by atoms with Crippen molar-refractivity contribution >= 4 is 17.6 Å². The van der Waals surface area contributed by atoms with Crippen LogP contribution < -0.4 is 4.90 Å². The van der Waals surface area contributed by atoms with Crippen LogP contribution in [0.15, 0.2) is 77.3 Å². The predicted molar refractivity (Wildman–Crippen MR) is 164 cm³/mol. The molecule has 9 heteroatoms. The van der Waals surface area contributed by atoms with Crippen LogP contribution in [0.5, 0.6) is 11.5 Å². The van der Waals surface area contributed by atoms with Gasteiger partial charge in [-0.05, 0) is 79.3 Å². The molecule has 1 amide bonds. The highest BCUT2D eigenvalue weighted by Crippen LogP contribution is 2.52. The molecule has 0 saturated heterocycles. The van der Waals surface area contributed by atoms with Gasteiger partial charge in [-0.1, -0.05) is 59.8 Å². The molecule has 1 aliphatic heterocycles. The molecule has 0 saturated carbocycles. The number of esters is 1. The molecule has 5 aromatic rings. The summed E-state index contributed by atoms with van der Waals surface area (Å²) >= 11 is 0. The van der Waals surface area contributed by atoms with Gasteiger partial charge in [-0.15, -0.1) is 0 Å². The lowest BCUT2D eigenvalue weighted by Crippen LogP contribution is -2.42. The Morgan fingerprint density at radius 3 is 2.05 bits per heavy atom. The Balaban J connectivity index is 1.50. The second kappa shape index (κ2) is 10.7. The van der Waals surface area contributed by atoms with E-state index >= 15 is 0 Å². The molecule has 0 bridgehead atoms. The summed E-state index contributed by atoms with van der Waals surface area (Å²) in [7, 11) is 1.31. The van der Waals surface area contributed by atoms with E-state index in [4.69, 9.17) is 9.26 Å². The number of methoxy groups -OCH3 is 1. The first kappa shape index (κ1) is 28.7. The third-order valence-corrected chi connectivity index (χ3v) is 8.32. The number of carbonyl (C=O) groups is 2. The van der Waals surface area contributed by atoms with Crippen LogP contribution >= 0.6 is 0 Å². The number of hydrogen-bond acceptors (Lipinski definition) is 8. The van der Waals surface area contributed by atoms with Crippen LogP contribution in [-0.4, -0.2) is 39.3 Å². The van der Waals surface area contributed by atoms with E-state index < -0.39 is 11.4 Å². The number of fused-ring (bicyclic) bond motifs is 1. The Hall–Kier alpha value is -5.44. The molecule has 1 aromatic heterocycles. The smallest absolute Gasteiger partial charge is 0.337 e. The summed E-state index contributed by atoms with van der Waals surface area (Å²) in [6.45, 7) is 7.24. The zero-order valence-corrected chi connectivity index (χ0v) is 25.0. The minimum atomic E-state index is -1.29. The zero-order chi connectivity index (χ0) is 31.3. The van der Waals surface area contributed by atoms with Crippen molar-refractivity contribution in [1.82, 2.24) is 10.1 Å². The Labute approximate surface area is 254 Å². The van der Waals surface area contributed by atoms with Gasteiger partial charge in [0.05, 0.1) is 12.7 Å². The first-order chi connectivity index (χ1) is 21.1. The number of benzene rings is 4. The number of aromatic nitrogens is 2. The van der Waals surface area contributed by atoms with E-state index in [0.29, 0.717) is 50.2 Å². The van der Waals surface area contributed by atoms with Gasteiger partial charge in [0.1, 0.15) is 23.5 Å². The molecule has 0 aliphatic carbocycles. The Kier molecular flexibility index (Phi) is 6.96. The lowest BCUT2D eigenvalue weighted by molar-refractivity contribution is -0.120. The van der Waals surface area contributed by atoms with E-state index in [1.807, 2.05) is 76.2 Å². The number of nitrogens with zero attached hydrogens (tertiary/aromatic N) is 3. The largest absolute Gasteiger partial charge is 0.507 e. The molecule has 1 aliphatic rings. The molecule has 2 N–H and O–H groups in total. The van der Waals surface area contributed by atoms with Crippen LogP contribution in [-0.2, 0) is 21.5 Å². The standard InChI is InChI=1S/C35H31N3O6/c1-19-13-25(14-20(2)30(19)39)35(26-15-21(3)31(40)22(4)16-26)27-11-6-7-12-28(27)38(34(35)42)18-29-36-32(37-44-29)23-9-8-10-24(17-23)33(41)43-5/h6-17,39-40H,18H2,1-5H3. The normalized spacial score (nSPS) is 13.7. The minimum absolute atomic E-state index is 0.00656. The average Bonchev–Trinajstić information content (AvgIpc) is 3.59. The maximum Gasteiger partial charge on any atom is 0.337 e. The third kappa shape index (κ3) is 4.40. The van der Waals surface area contributed by atoms with Crippen molar-refractivity contribution in [3.05, 3.63) is 123 Å². The lowest BCUT2D eigenvalue weighted by Gasteiger charge is -2.32. The van der Waals surface area contributed by atoms with Crippen molar-refractivity contribution in [2.24, 2.45) is 0 Å². The van der Waals surface area contributed by atoms with Gasteiger partial charge in [0.15, 0.2) is 0 Å². The number of hydrogen-bond donors (Lipinski definition) is 2. The van der Waals surface area contributed by atoms with Crippen molar-refractivity contribution in [2.45, 2.75) is 39.7 Å². The Morgan fingerprint density at radius 1 is 0.864 bits per heavy atom. The average molecular weight is 590 g/mol. The number of ether oxygens (including phenoxy) is 1. The fourth-order valence-electron chi connectivity index (χ4n) is 6.15. The van der Waals surface area contributed by atoms with Gasteiger partial charge in [0, 0.05) is 16.8 Å². The van der Waals surface area contributed by atoms with E-state index in [-0.39, 0.29) is 35.7 Å². The topological polar surface area (TPSA) is 126 Å². The molecule has 2 heterocycles. The fraction of sp³-hybridized carbons (Fsp3) is 0.200. The molecule has 0 atom stereocenters. The van der Waals surface area contributed by atoms with E-state index in [1.54, 1.807) is 29.2 Å². The van der Waals surface area contributed by atoms with Crippen LogP contribution in [0, 0.1) is 27.7 Å². The highest BCUT2D eigenvalue weighted by molar-refractivity contribution is 6.13. The lowest BCUT2D eigenvalue weighted by atomic mass is 9.69. The molecule has 9 nitrogen and oxygen atoms in total. The van der Waals surface area contributed by atoms with Crippen molar-refractivity contribution in [2.75, 3.05) is 12.0 Å². The van der Waals surface area contributed by atoms with E-state index in [9.17, 15) is 19.8 Å². The second-order valence-corrected chi connectivity index (χ2v) is 11.2. The molecule has 6 rings (SSSR count). The summed E-state index contributed by atoms with van der Waals surface area (Å²) in [5.41, 5.74) is 5.02. The molecule has 44 heavy (non-hydrogen) atoms. The summed E-state index contributed by atoms with van der Waals surface area (Å²) in [6.07, 6.45) is 0. The van der Waals surface area contributed by atoms with Gasteiger partial charge < -0.3 is 24.4 Å². The first-order valence-electron chi connectivity index (χ1n) is 14.1. The van der Waals surface area contributed by atoms with Gasteiger partial charge in [0.2, 0.25) is 17.6 Å². The van der Waals surface area contributed by atoms with Crippen molar-refractivity contribution in [1.29, 1.82) is 0 Å². The summed E-state index contributed by atoms with van der Waals surface area (Å²) in [4.78, 5) is 33.2. The minimum Gasteiger partial charge on any atom is -0.507 e. The fourth-order valence-corrected chi connectivity index (χ4v) is 6.15. The van der Waals surface area contributed by atoms with E-state index in [0.717, 1.165) is 5.56 Å². The SMILES string of the molecule is COC(=O)c1cccc(-c2noc(CN3C(=O)C(c4cc(C)c(O)c(C)c4)(c4cc(C)c(O)c(C)c4)c4ccccc43)n2)c1. The van der Waals surface area contributed by atoms with E-state index in [2.05, 4.69) is 10.1 Å². The molecule has 0 radical (unpaired) electrons. The van der Waals surface area contributed by atoms with Crippen LogP contribution in [0.2, 0.25) is 0 Å².